The summed E-state index contributed by atoms with van der Waals surface area (Å²) in [6.07, 6.45) is -4.63. The van der Waals surface area contributed by atoms with E-state index in [1.165, 1.54) is 36.6 Å². The fourth-order valence-electron chi connectivity index (χ4n) is 3.38. The van der Waals surface area contributed by atoms with E-state index in [2.05, 4.69) is 5.32 Å². The van der Waals surface area contributed by atoms with Gasteiger partial charge in [0.2, 0.25) is 5.91 Å². The summed E-state index contributed by atoms with van der Waals surface area (Å²) in [7, 11) is 1.44. The van der Waals surface area contributed by atoms with Gasteiger partial charge in [0.15, 0.2) is 0 Å². The highest BCUT2D eigenvalue weighted by atomic mass is 32.1. The van der Waals surface area contributed by atoms with Gasteiger partial charge in [0.1, 0.15) is 6.54 Å². The third kappa shape index (κ3) is 7.83. The number of benzene rings is 2. The molecule has 0 atom stereocenters. The summed E-state index contributed by atoms with van der Waals surface area (Å²) in [5, 5.41) is 4.22. The standard InChI is InChI=1S/C25H26F3N3O3S/c1-34-14-13-30(24(33)29-22-12-6-5-11-21(22)25(26,27)28)18-23(32)31(17-20-10-7-15-35-20)16-19-8-3-2-4-9-19/h2-12,15H,13-14,16-18H2,1H3,(H,29,33). The van der Waals surface area contributed by atoms with Crippen molar-refractivity contribution >= 4 is 29.0 Å². The smallest absolute Gasteiger partial charge is 0.383 e. The van der Waals surface area contributed by atoms with Gasteiger partial charge >= 0.3 is 12.2 Å². The highest BCUT2D eigenvalue weighted by molar-refractivity contribution is 7.09. The predicted octanol–water partition coefficient (Wildman–Crippen LogP) is 5.48. The Bertz CT molecular complexity index is 1090. The van der Waals surface area contributed by atoms with E-state index < -0.39 is 17.8 Å². The van der Waals surface area contributed by atoms with Crippen LogP contribution in [0.25, 0.3) is 0 Å². The quantitative estimate of drug-likeness (QED) is 0.397. The van der Waals surface area contributed by atoms with Crippen molar-refractivity contribution in [3.05, 3.63) is 88.1 Å². The molecule has 0 unspecified atom stereocenters. The monoisotopic (exact) mass is 505 g/mol. The van der Waals surface area contributed by atoms with Crippen molar-refractivity contribution in [2.24, 2.45) is 0 Å². The number of nitrogens with one attached hydrogen (secondary N) is 1. The molecule has 0 aliphatic heterocycles. The number of hydrogen-bond donors (Lipinski definition) is 1. The highest BCUT2D eigenvalue weighted by Crippen LogP contribution is 2.34. The van der Waals surface area contributed by atoms with Crippen molar-refractivity contribution in [3.63, 3.8) is 0 Å². The minimum atomic E-state index is -4.63. The van der Waals surface area contributed by atoms with E-state index in [0.717, 1.165) is 21.4 Å². The Kier molecular flexibility index (Phi) is 9.27. The van der Waals surface area contributed by atoms with Gasteiger partial charge in [0.05, 0.1) is 24.4 Å². The maximum Gasteiger partial charge on any atom is 0.418 e. The lowest BCUT2D eigenvalue weighted by Gasteiger charge is -2.28. The molecule has 0 aliphatic rings. The lowest BCUT2D eigenvalue weighted by Crippen LogP contribution is -2.45. The van der Waals surface area contributed by atoms with Crippen LogP contribution < -0.4 is 5.32 Å². The topological polar surface area (TPSA) is 61.9 Å². The Morgan fingerprint density at radius 3 is 2.31 bits per heavy atom. The minimum Gasteiger partial charge on any atom is -0.383 e. The molecule has 186 valence electrons. The lowest BCUT2D eigenvalue weighted by atomic mass is 10.1. The van der Waals surface area contributed by atoms with Gasteiger partial charge in [-0.05, 0) is 29.1 Å². The van der Waals surface area contributed by atoms with Crippen molar-refractivity contribution in [1.82, 2.24) is 9.80 Å². The second-order valence-electron chi connectivity index (χ2n) is 7.70. The Hall–Kier alpha value is -3.37. The number of carbonyl (C=O) groups excluding carboxylic acids is 2. The zero-order valence-electron chi connectivity index (χ0n) is 19.1. The van der Waals surface area contributed by atoms with Gasteiger partial charge in [-0.3, -0.25) is 4.79 Å². The third-order valence-corrected chi connectivity index (χ3v) is 6.01. The van der Waals surface area contributed by atoms with Crippen LogP contribution >= 0.6 is 11.3 Å². The summed E-state index contributed by atoms with van der Waals surface area (Å²) in [5.41, 5.74) is -0.418. The maximum atomic E-state index is 13.4. The van der Waals surface area contributed by atoms with Gasteiger partial charge in [-0.2, -0.15) is 13.2 Å². The molecule has 0 saturated carbocycles. The summed E-state index contributed by atoms with van der Waals surface area (Å²) < 4.78 is 45.1. The molecule has 3 aromatic rings. The maximum absolute atomic E-state index is 13.4. The van der Waals surface area contributed by atoms with E-state index in [1.807, 2.05) is 47.8 Å². The number of ether oxygens (including phenoxy) is 1. The molecule has 0 saturated heterocycles. The van der Waals surface area contributed by atoms with Crippen LogP contribution in [0.3, 0.4) is 0 Å². The van der Waals surface area contributed by atoms with Crippen molar-refractivity contribution in [1.29, 1.82) is 0 Å². The Morgan fingerprint density at radius 1 is 0.943 bits per heavy atom. The molecular weight excluding hydrogens is 479 g/mol. The number of alkyl halides is 3. The normalized spacial score (nSPS) is 11.2. The average Bonchev–Trinajstić information content (AvgIpc) is 3.34. The lowest BCUT2D eigenvalue weighted by molar-refractivity contribution is -0.137. The first-order valence-corrected chi connectivity index (χ1v) is 11.7. The molecule has 1 heterocycles. The van der Waals surface area contributed by atoms with E-state index in [1.54, 1.807) is 4.90 Å². The largest absolute Gasteiger partial charge is 0.418 e. The van der Waals surface area contributed by atoms with Crippen molar-refractivity contribution in [2.75, 3.05) is 32.1 Å². The first kappa shape index (κ1) is 26.2. The van der Waals surface area contributed by atoms with Crippen LogP contribution in [-0.2, 0) is 28.8 Å². The Morgan fingerprint density at radius 2 is 1.66 bits per heavy atom. The van der Waals surface area contributed by atoms with E-state index in [9.17, 15) is 22.8 Å². The van der Waals surface area contributed by atoms with Crippen molar-refractivity contribution in [2.45, 2.75) is 19.3 Å². The number of anilines is 1. The summed E-state index contributed by atoms with van der Waals surface area (Å²) in [5.74, 6) is -0.336. The zero-order chi connectivity index (χ0) is 25.3. The molecular formula is C25H26F3N3O3S. The van der Waals surface area contributed by atoms with Crippen LogP contribution in [0.4, 0.5) is 23.7 Å². The molecule has 35 heavy (non-hydrogen) atoms. The first-order chi connectivity index (χ1) is 16.8. The van der Waals surface area contributed by atoms with Crippen LogP contribution in [0.1, 0.15) is 16.0 Å². The van der Waals surface area contributed by atoms with Gasteiger partial charge in [0, 0.05) is 25.1 Å². The molecule has 0 spiro atoms. The molecule has 6 nitrogen and oxygen atoms in total. The molecule has 3 rings (SSSR count). The van der Waals surface area contributed by atoms with Gasteiger partial charge in [-0.25, -0.2) is 4.79 Å². The molecule has 0 fully saturated rings. The van der Waals surface area contributed by atoms with E-state index in [4.69, 9.17) is 4.74 Å². The van der Waals surface area contributed by atoms with E-state index >= 15 is 0 Å². The second-order valence-corrected chi connectivity index (χ2v) is 8.73. The van der Waals surface area contributed by atoms with Crippen molar-refractivity contribution < 1.29 is 27.5 Å². The number of rotatable bonds is 10. The number of halogens is 3. The number of amides is 3. The first-order valence-electron chi connectivity index (χ1n) is 10.8. The minimum absolute atomic E-state index is 0.0282. The molecule has 0 bridgehead atoms. The summed E-state index contributed by atoms with van der Waals surface area (Å²) in [4.78, 5) is 30.0. The predicted molar refractivity (Wildman–Crippen MR) is 129 cm³/mol. The SMILES string of the molecule is COCCN(CC(=O)N(Cc1ccccc1)Cc1cccs1)C(=O)Nc1ccccc1C(F)(F)F. The molecule has 0 radical (unpaired) electrons. The van der Waals surface area contributed by atoms with E-state index in [-0.39, 0.29) is 31.3 Å². The number of methoxy groups -OCH3 is 1. The summed E-state index contributed by atoms with van der Waals surface area (Å²) in [6, 6.07) is 17.1. The van der Waals surface area contributed by atoms with Gasteiger partial charge in [-0.1, -0.05) is 48.5 Å². The van der Waals surface area contributed by atoms with E-state index in [0.29, 0.717) is 13.1 Å². The molecule has 3 amide bonds. The summed E-state index contributed by atoms with van der Waals surface area (Å²) >= 11 is 1.51. The molecule has 10 heteroatoms. The molecule has 0 aliphatic carbocycles. The van der Waals surface area contributed by atoms with Crippen molar-refractivity contribution in [3.8, 4) is 0 Å². The molecule has 1 aromatic heterocycles. The number of urea groups is 1. The fraction of sp³-hybridized carbons (Fsp3) is 0.280. The van der Waals surface area contributed by atoms with Crippen LogP contribution in [0.15, 0.2) is 72.1 Å². The fourth-order valence-corrected chi connectivity index (χ4v) is 4.10. The number of carbonyl (C=O) groups is 2. The van der Waals surface area contributed by atoms with Crippen LogP contribution in [0, 0.1) is 0 Å². The van der Waals surface area contributed by atoms with Gasteiger partial charge in [0.25, 0.3) is 0 Å². The van der Waals surface area contributed by atoms with Gasteiger partial charge < -0.3 is 19.9 Å². The second kappa shape index (κ2) is 12.4. The van der Waals surface area contributed by atoms with Crippen LogP contribution in [0.2, 0.25) is 0 Å². The average molecular weight is 506 g/mol. The van der Waals surface area contributed by atoms with Gasteiger partial charge in [-0.15, -0.1) is 11.3 Å². The summed E-state index contributed by atoms with van der Waals surface area (Å²) in [6.45, 7) is 0.503. The molecule has 2 aromatic carbocycles. The Balaban J connectivity index is 1.78. The highest BCUT2D eigenvalue weighted by Gasteiger charge is 2.34. The number of nitrogens with zero attached hydrogens (tertiary/aromatic N) is 2. The molecule has 1 N–H and O–H groups in total. The van der Waals surface area contributed by atoms with Crippen LogP contribution in [0.5, 0.6) is 0 Å². The zero-order valence-corrected chi connectivity index (χ0v) is 19.9. The number of para-hydroxylation sites is 1. The van der Waals surface area contributed by atoms with Crippen LogP contribution in [-0.4, -0.2) is 48.5 Å². The third-order valence-electron chi connectivity index (χ3n) is 5.15. The Labute approximate surface area is 205 Å². The number of thiophene rings is 1. The number of hydrogen-bond acceptors (Lipinski definition) is 4.